The molecule has 2 rings (SSSR count). The van der Waals surface area contributed by atoms with Crippen LogP contribution < -0.4 is 0 Å². The smallest absolute Gasteiger partial charge is 0.00752 e. The minimum absolute atomic E-state index is 0.548. The van der Waals surface area contributed by atoms with Crippen molar-refractivity contribution in [3.63, 3.8) is 0 Å². The summed E-state index contributed by atoms with van der Waals surface area (Å²) in [5.41, 5.74) is 4.05. The van der Waals surface area contributed by atoms with Crippen LogP contribution in [0.15, 0.2) is 30.4 Å². The lowest BCUT2D eigenvalue weighted by Crippen LogP contribution is -1.83. The van der Waals surface area contributed by atoms with Crippen LogP contribution in [0.5, 0.6) is 0 Å². The fraction of sp³-hybridized carbons (Fsp3) is 0.333. The van der Waals surface area contributed by atoms with Gasteiger partial charge in [0.1, 0.15) is 0 Å². The molecule has 0 N–H and O–H groups in total. The first kappa shape index (κ1) is 11.8. The molecular formula is C15H20. The van der Waals surface area contributed by atoms with E-state index in [0.717, 1.165) is 0 Å². The first-order valence-electron chi connectivity index (χ1n) is 5.73. The summed E-state index contributed by atoms with van der Waals surface area (Å²) >= 11 is 0. The van der Waals surface area contributed by atoms with E-state index in [-0.39, 0.29) is 0 Å². The molecule has 0 radical (unpaired) electrons. The number of allylic oxidation sites excluding steroid dienone is 2. The lowest BCUT2D eigenvalue weighted by Gasteiger charge is -2.03. The van der Waals surface area contributed by atoms with Crippen molar-refractivity contribution in [1.29, 1.82) is 0 Å². The molecule has 0 heteroatoms. The zero-order valence-corrected chi connectivity index (χ0v) is 10.1. The van der Waals surface area contributed by atoms with E-state index in [1.165, 1.54) is 16.7 Å². The van der Waals surface area contributed by atoms with Gasteiger partial charge in [-0.05, 0) is 29.5 Å². The van der Waals surface area contributed by atoms with Crippen molar-refractivity contribution in [1.82, 2.24) is 0 Å². The van der Waals surface area contributed by atoms with Crippen LogP contribution in [0, 0.1) is 12.8 Å². The first-order chi connectivity index (χ1) is 7.27. The summed E-state index contributed by atoms with van der Waals surface area (Å²) in [6.07, 6.45) is 8.93. The fourth-order valence-corrected chi connectivity index (χ4v) is 1.64. The van der Waals surface area contributed by atoms with Crippen LogP contribution >= 0.6 is 0 Å². The fourth-order valence-electron chi connectivity index (χ4n) is 1.64. The van der Waals surface area contributed by atoms with Gasteiger partial charge in [-0.1, -0.05) is 63.3 Å². The van der Waals surface area contributed by atoms with Crippen LogP contribution in [0.3, 0.4) is 0 Å². The van der Waals surface area contributed by atoms with Crippen LogP contribution in [0.25, 0.3) is 12.2 Å². The normalized spacial score (nSPS) is 17.5. The molecule has 0 aromatic heterocycles. The van der Waals surface area contributed by atoms with Gasteiger partial charge in [0.25, 0.3) is 0 Å². The lowest BCUT2D eigenvalue weighted by molar-refractivity contribution is 0.954. The van der Waals surface area contributed by atoms with Crippen molar-refractivity contribution in [3.8, 4) is 0 Å². The molecule has 80 valence electrons. The zero-order chi connectivity index (χ0) is 11.3. The van der Waals surface area contributed by atoms with Gasteiger partial charge in [0, 0.05) is 0 Å². The van der Waals surface area contributed by atoms with E-state index in [9.17, 15) is 0 Å². The number of benzene rings is 1. The highest BCUT2D eigenvalue weighted by atomic mass is 14.1. The summed E-state index contributed by atoms with van der Waals surface area (Å²) in [4.78, 5) is 0. The SMILES string of the molecule is CC.Cc1cccc2c1C=CC(C)C=C2. The van der Waals surface area contributed by atoms with Gasteiger partial charge in [-0.25, -0.2) is 0 Å². The molecule has 0 fully saturated rings. The summed E-state index contributed by atoms with van der Waals surface area (Å²) in [5.74, 6) is 0.548. The summed E-state index contributed by atoms with van der Waals surface area (Å²) in [5, 5.41) is 0. The van der Waals surface area contributed by atoms with E-state index in [1.54, 1.807) is 0 Å². The lowest BCUT2D eigenvalue weighted by atomic mass is 10.0. The molecule has 1 atom stereocenters. The Balaban J connectivity index is 0.000000531. The van der Waals surface area contributed by atoms with Crippen molar-refractivity contribution < 1.29 is 0 Å². The van der Waals surface area contributed by atoms with E-state index in [0.29, 0.717) is 5.92 Å². The van der Waals surface area contributed by atoms with E-state index in [1.807, 2.05) is 13.8 Å². The van der Waals surface area contributed by atoms with E-state index < -0.39 is 0 Å². The van der Waals surface area contributed by atoms with Gasteiger partial charge in [-0.15, -0.1) is 0 Å². The molecule has 1 unspecified atom stereocenters. The zero-order valence-electron chi connectivity index (χ0n) is 10.1. The highest BCUT2D eigenvalue weighted by Gasteiger charge is 2.03. The number of hydrogen-bond donors (Lipinski definition) is 0. The van der Waals surface area contributed by atoms with Gasteiger partial charge < -0.3 is 0 Å². The Hall–Kier alpha value is -1.30. The molecule has 0 saturated heterocycles. The molecule has 0 saturated carbocycles. The second-order valence-corrected chi connectivity index (χ2v) is 3.66. The van der Waals surface area contributed by atoms with Crippen LogP contribution in [-0.4, -0.2) is 0 Å². The van der Waals surface area contributed by atoms with Gasteiger partial charge in [0.15, 0.2) is 0 Å². The van der Waals surface area contributed by atoms with Crippen LogP contribution in [0.1, 0.15) is 37.5 Å². The molecule has 1 aliphatic rings. The van der Waals surface area contributed by atoms with Crippen LogP contribution in [0.2, 0.25) is 0 Å². The maximum atomic E-state index is 2.25. The number of fused-ring (bicyclic) bond motifs is 1. The average molecular weight is 200 g/mol. The molecular weight excluding hydrogens is 180 g/mol. The van der Waals surface area contributed by atoms with Gasteiger partial charge in [0.2, 0.25) is 0 Å². The summed E-state index contributed by atoms with van der Waals surface area (Å²) in [6, 6.07) is 6.44. The third-order valence-corrected chi connectivity index (χ3v) is 2.50. The van der Waals surface area contributed by atoms with Gasteiger partial charge in [-0.2, -0.15) is 0 Å². The van der Waals surface area contributed by atoms with Crippen molar-refractivity contribution >= 4 is 12.2 Å². The summed E-state index contributed by atoms with van der Waals surface area (Å²) < 4.78 is 0. The Kier molecular flexibility index (Phi) is 4.36. The quantitative estimate of drug-likeness (QED) is 0.569. The maximum Gasteiger partial charge on any atom is -0.00752 e. The Morgan fingerprint density at radius 1 is 1.00 bits per heavy atom. The highest BCUT2D eigenvalue weighted by Crippen LogP contribution is 2.22. The van der Waals surface area contributed by atoms with E-state index in [2.05, 4.69) is 56.4 Å². The first-order valence-corrected chi connectivity index (χ1v) is 5.73. The standard InChI is InChI=1S/C13H14.C2H6/c1-10-6-8-12-5-3-4-11(2)13(12)9-7-10;1-2/h3-10H,1-2H3;1-2H3. The largest absolute Gasteiger partial charge is 0.0773 e. The van der Waals surface area contributed by atoms with Crippen LogP contribution in [0.4, 0.5) is 0 Å². The molecule has 1 aromatic carbocycles. The van der Waals surface area contributed by atoms with Crippen molar-refractivity contribution in [2.75, 3.05) is 0 Å². The second kappa shape index (κ2) is 5.55. The Bertz CT molecular complexity index is 370. The van der Waals surface area contributed by atoms with Gasteiger partial charge in [0.05, 0.1) is 0 Å². The van der Waals surface area contributed by atoms with Crippen LogP contribution in [-0.2, 0) is 0 Å². The summed E-state index contributed by atoms with van der Waals surface area (Å²) in [6.45, 7) is 8.36. The number of rotatable bonds is 0. The monoisotopic (exact) mass is 200 g/mol. The predicted octanol–water partition coefficient (Wildman–Crippen LogP) is 4.70. The Morgan fingerprint density at radius 2 is 1.67 bits per heavy atom. The summed E-state index contributed by atoms with van der Waals surface area (Å²) in [7, 11) is 0. The number of aryl methyl sites for hydroxylation is 1. The van der Waals surface area contributed by atoms with E-state index in [4.69, 9.17) is 0 Å². The molecule has 0 heterocycles. The minimum atomic E-state index is 0.548. The molecule has 1 aliphatic carbocycles. The molecule has 0 amide bonds. The Morgan fingerprint density at radius 3 is 2.40 bits per heavy atom. The molecule has 1 aromatic rings. The molecule has 0 nitrogen and oxygen atoms in total. The third-order valence-electron chi connectivity index (χ3n) is 2.50. The van der Waals surface area contributed by atoms with E-state index >= 15 is 0 Å². The molecule has 0 aliphatic heterocycles. The Labute approximate surface area is 93.3 Å². The molecule has 0 bridgehead atoms. The van der Waals surface area contributed by atoms with Crippen molar-refractivity contribution in [2.45, 2.75) is 27.7 Å². The minimum Gasteiger partial charge on any atom is -0.0773 e. The average Bonchev–Trinajstić information content (AvgIpc) is 2.45. The predicted molar refractivity (Wildman–Crippen MR) is 69.8 cm³/mol. The van der Waals surface area contributed by atoms with Gasteiger partial charge >= 0.3 is 0 Å². The second-order valence-electron chi connectivity index (χ2n) is 3.66. The van der Waals surface area contributed by atoms with Gasteiger partial charge in [-0.3, -0.25) is 0 Å². The topological polar surface area (TPSA) is 0 Å². The third kappa shape index (κ3) is 2.82. The van der Waals surface area contributed by atoms with Crippen molar-refractivity contribution in [3.05, 3.63) is 47.0 Å². The molecule has 0 spiro atoms. The maximum absolute atomic E-state index is 2.25. The molecule has 15 heavy (non-hydrogen) atoms. The number of hydrogen-bond acceptors (Lipinski definition) is 0. The van der Waals surface area contributed by atoms with Crippen molar-refractivity contribution in [2.24, 2.45) is 5.92 Å². The highest BCUT2D eigenvalue weighted by molar-refractivity contribution is 5.69.